The van der Waals surface area contributed by atoms with Crippen molar-refractivity contribution < 1.29 is 4.74 Å². The molecule has 0 aliphatic heterocycles. The van der Waals surface area contributed by atoms with E-state index in [4.69, 9.17) is 15.7 Å². The fraction of sp³-hybridized carbons (Fsp3) is 0.267. The summed E-state index contributed by atoms with van der Waals surface area (Å²) in [6.07, 6.45) is -0.187. The van der Waals surface area contributed by atoms with Crippen LogP contribution in [0.4, 0.5) is 0 Å². The molecule has 0 aliphatic carbocycles. The molecule has 1 aromatic heterocycles. The summed E-state index contributed by atoms with van der Waals surface area (Å²) >= 11 is 1.62. The van der Waals surface area contributed by atoms with Gasteiger partial charge < -0.3 is 10.5 Å². The van der Waals surface area contributed by atoms with E-state index >= 15 is 0 Å². The van der Waals surface area contributed by atoms with Crippen LogP contribution in [0.15, 0.2) is 35.7 Å². The molecule has 2 rings (SSSR count). The van der Waals surface area contributed by atoms with Gasteiger partial charge in [-0.1, -0.05) is 12.1 Å². The SMILES string of the molecule is Cc1ccc(C#N)cc1OC(c1cccs1)C(C)N. The van der Waals surface area contributed by atoms with Crippen molar-refractivity contribution in [3.05, 3.63) is 51.7 Å². The maximum absolute atomic E-state index is 8.95. The minimum atomic E-state index is -0.187. The lowest BCUT2D eigenvalue weighted by Crippen LogP contribution is -2.28. The minimum absolute atomic E-state index is 0.121. The summed E-state index contributed by atoms with van der Waals surface area (Å²) in [6.45, 7) is 3.89. The van der Waals surface area contributed by atoms with Gasteiger partial charge in [0.1, 0.15) is 11.9 Å². The van der Waals surface area contributed by atoms with Gasteiger partial charge in [-0.05, 0) is 43.0 Å². The van der Waals surface area contributed by atoms with E-state index in [9.17, 15) is 0 Å². The van der Waals surface area contributed by atoms with Gasteiger partial charge in [0.25, 0.3) is 0 Å². The van der Waals surface area contributed by atoms with Crippen LogP contribution in [0.25, 0.3) is 0 Å². The van der Waals surface area contributed by atoms with Crippen LogP contribution < -0.4 is 10.5 Å². The lowest BCUT2D eigenvalue weighted by Gasteiger charge is -2.22. The summed E-state index contributed by atoms with van der Waals surface area (Å²) in [4.78, 5) is 1.09. The Labute approximate surface area is 117 Å². The largest absolute Gasteiger partial charge is 0.483 e. The molecule has 98 valence electrons. The van der Waals surface area contributed by atoms with Crippen LogP contribution in [0.2, 0.25) is 0 Å². The molecule has 0 radical (unpaired) electrons. The van der Waals surface area contributed by atoms with Crippen molar-refractivity contribution in [3.63, 3.8) is 0 Å². The maximum atomic E-state index is 8.95. The average molecular weight is 272 g/mol. The Bertz CT molecular complexity index is 585. The van der Waals surface area contributed by atoms with Crippen molar-refractivity contribution in [3.8, 4) is 11.8 Å². The number of nitrogens with zero attached hydrogens (tertiary/aromatic N) is 1. The summed E-state index contributed by atoms with van der Waals surface area (Å²) in [5.41, 5.74) is 7.61. The van der Waals surface area contributed by atoms with E-state index in [1.165, 1.54) is 0 Å². The number of nitrogens with two attached hydrogens (primary N) is 1. The second-order valence-corrected chi connectivity index (χ2v) is 5.48. The number of hydrogen-bond acceptors (Lipinski definition) is 4. The predicted molar refractivity (Wildman–Crippen MR) is 77.2 cm³/mol. The van der Waals surface area contributed by atoms with Crippen LogP contribution in [0.3, 0.4) is 0 Å². The van der Waals surface area contributed by atoms with Gasteiger partial charge in [0.15, 0.2) is 0 Å². The second kappa shape index (κ2) is 5.87. The summed E-state index contributed by atoms with van der Waals surface area (Å²) < 4.78 is 6.03. The number of aryl methyl sites for hydroxylation is 1. The maximum Gasteiger partial charge on any atom is 0.148 e. The zero-order chi connectivity index (χ0) is 13.8. The van der Waals surface area contributed by atoms with E-state index in [0.717, 1.165) is 16.2 Å². The third kappa shape index (κ3) is 3.14. The molecule has 2 unspecified atom stereocenters. The van der Waals surface area contributed by atoms with Crippen molar-refractivity contribution in [2.75, 3.05) is 0 Å². The van der Waals surface area contributed by atoms with Crippen LogP contribution in [0.1, 0.15) is 29.0 Å². The van der Waals surface area contributed by atoms with E-state index in [-0.39, 0.29) is 12.1 Å². The zero-order valence-electron chi connectivity index (χ0n) is 11.0. The Balaban J connectivity index is 2.30. The molecule has 2 N–H and O–H groups in total. The van der Waals surface area contributed by atoms with Crippen molar-refractivity contribution in [2.45, 2.75) is 26.0 Å². The topological polar surface area (TPSA) is 59.0 Å². The molecular weight excluding hydrogens is 256 g/mol. The lowest BCUT2D eigenvalue weighted by molar-refractivity contribution is 0.183. The van der Waals surface area contributed by atoms with Gasteiger partial charge in [0.05, 0.1) is 11.6 Å². The molecule has 0 amide bonds. The summed E-state index contributed by atoms with van der Waals surface area (Å²) in [5.74, 6) is 0.717. The van der Waals surface area contributed by atoms with Crippen LogP contribution in [-0.4, -0.2) is 6.04 Å². The molecule has 3 nitrogen and oxygen atoms in total. The Morgan fingerprint density at radius 2 is 2.16 bits per heavy atom. The number of benzene rings is 1. The van der Waals surface area contributed by atoms with E-state index in [1.54, 1.807) is 23.5 Å². The van der Waals surface area contributed by atoms with Gasteiger partial charge >= 0.3 is 0 Å². The minimum Gasteiger partial charge on any atom is -0.483 e. The quantitative estimate of drug-likeness (QED) is 0.928. The standard InChI is InChI=1S/C15H16N2OS/c1-10-5-6-12(9-16)8-13(10)18-15(11(2)17)14-4-3-7-19-14/h3-8,11,15H,17H2,1-2H3. The molecule has 0 fully saturated rings. The highest BCUT2D eigenvalue weighted by Gasteiger charge is 2.20. The first-order valence-electron chi connectivity index (χ1n) is 6.08. The predicted octanol–water partition coefficient (Wildman–Crippen LogP) is 3.40. The third-order valence-corrected chi connectivity index (χ3v) is 3.81. The third-order valence-electron chi connectivity index (χ3n) is 2.87. The summed E-state index contributed by atoms with van der Waals surface area (Å²) in [7, 11) is 0. The molecular formula is C15H16N2OS. The molecule has 0 bridgehead atoms. The first kappa shape index (κ1) is 13.6. The van der Waals surface area contributed by atoms with E-state index in [2.05, 4.69) is 6.07 Å². The highest BCUT2D eigenvalue weighted by Crippen LogP contribution is 2.29. The molecule has 0 saturated carbocycles. The molecule has 4 heteroatoms. The van der Waals surface area contributed by atoms with E-state index in [1.807, 2.05) is 37.4 Å². The number of thiophene rings is 1. The fourth-order valence-electron chi connectivity index (χ4n) is 1.81. The number of ether oxygens (including phenoxy) is 1. The van der Waals surface area contributed by atoms with Gasteiger partial charge in [0.2, 0.25) is 0 Å². The lowest BCUT2D eigenvalue weighted by atomic mass is 10.1. The summed E-state index contributed by atoms with van der Waals surface area (Å²) in [6, 6.07) is 11.4. The number of hydrogen-bond donors (Lipinski definition) is 1. The molecule has 19 heavy (non-hydrogen) atoms. The highest BCUT2D eigenvalue weighted by molar-refractivity contribution is 7.10. The first-order valence-corrected chi connectivity index (χ1v) is 6.96. The van der Waals surface area contributed by atoms with Gasteiger partial charge in [-0.2, -0.15) is 5.26 Å². The van der Waals surface area contributed by atoms with Crippen molar-refractivity contribution in [2.24, 2.45) is 5.73 Å². The molecule has 0 saturated heterocycles. The Kier molecular flexibility index (Phi) is 4.20. The Hall–Kier alpha value is -1.83. The summed E-state index contributed by atoms with van der Waals surface area (Å²) in [5, 5.41) is 11.0. The van der Waals surface area contributed by atoms with Crippen LogP contribution in [0.5, 0.6) is 5.75 Å². The zero-order valence-corrected chi connectivity index (χ0v) is 11.8. The first-order chi connectivity index (χ1) is 9.11. The van der Waals surface area contributed by atoms with Crippen molar-refractivity contribution >= 4 is 11.3 Å². The Morgan fingerprint density at radius 3 is 2.74 bits per heavy atom. The highest BCUT2D eigenvalue weighted by atomic mass is 32.1. The molecule has 1 heterocycles. The van der Waals surface area contributed by atoms with Gasteiger partial charge in [-0.25, -0.2) is 0 Å². The molecule has 0 aliphatic rings. The smallest absolute Gasteiger partial charge is 0.148 e. The monoisotopic (exact) mass is 272 g/mol. The van der Waals surface area contributed by atoms with E-state index < -0.39 is 0 Å². The van der Waals surface area contributed by atoms with Crippen molar-refractivity contribution in [1.82, 2.24) is 0 Å². The second-order valence-electron chi connectivity index (χ2n) is 4.51. The molecule has 1 aromatic carbocycles. The van der Waals surface area contributed by atoms with E-state index in [0.29, 0.717) is 5.56 Å². The van der Waals surface area contributed by atoms with Gasteiger partial charge in [-0.15, -0.1) is 11.3 Å². The molecule has 2 aromatic rings. The fourth-order valence-corrected chi connectivity index (χ4v) is 2.68. The Morgan fingerprint density at radius 1 is 1.37 bits per heavy atom. The van der Waals surface area contributed by atoms with Crippen LogP contribution >= 0.6 is 11.3 Å². The number of nitriles is 1. The van der Waals surface area contributed by atoms with Crippen LogP contribution in [-0.2, 0) is 0 Å². The van der Waals surface area contributed by atoms with Gasteiger partial charge in [0, 0.05) is 10.9 Å². The number of rotatable bonds is 4. The van der Waals surface area contributed by atoms with Crippen molar-refractivity contribution in [1.29, 1.82) is 5.26 Å². The van der Waals surface area contributed by atoms with Gasteiger partial charge in [-0.3, -0.25) is 0 Å². The normalized spacial score (nSPS) is 13.6. The molecule has 2 atom stereocenters. The van der Waals surface area contributed by atoms with Crippen LogP contribution in [0, 0.1) is 18.3 Å². The molecule has 0 spiro atoms. The average Bonchev–Trinajstić information content (AvgIpc) is 2.91.